The highest BCUT2D eigenvalue weighted by atomic mass is 16.6. The fourth-order valence-corrected chi connectivity index (χ4v) is 2.39. The topological polar surface area (TPSA) is 133 Å². The summed E-state index contributed by atoms with van der Waals surface area (Å²) in [5.74, 6) is 0.560. The molecule has 0 atom stereocenters. The summed E-state index contributed by atoms with van der Waals surface area (Å²) in [5, 5.41) is 25.7. The van der Waals surface area contributed by atoms with Gasteiger partial charge in [-0.1, -0.05) is 12.1 Å². The molecule has 0 spiro atoms. The summed E-state index contributed by atoms with van der Waals surface area (Å²) >= 11 is 0. The number of para-hydroxylation sites is 1. The van der Waals surface area contributed by atoms with Crippen LogP contribution in [-0.2, 0) is 6.61 Å². The third kappa shape index (κ3) is 5.10. The largest absolute Gasteiger partial charge is 0.488 e. The summed E-state index contributed by atoms with van der Waals surface area (Å²) in [7, 11) is 0. The van der Waals surface area contributed by atoms with Crippen LogP contribution in [0.3, 0.4) is 0 Å². The Morgan fingerprint density at radius 3 is 2.48 bits per heavy atom. The zero-order valence-corrected chi connectivity index (χ0v) is 15.0. The molecule has 146 valence electrons. The van der Waals surface area contributed by atoms with Gasteiger partial charge in [-0.2, -0.15) is 5.10 Å². The summed E-state index contributed by atoms with van der Waals surface area (Å²) in [6.07, 6.45) is 2.88. The molecule has 0 aliphatic heterocycles. The summed E-state index contributed by atoms with van der Waals surface area (Å²) in [5.41, 5.74) is 3.79. The number of nitro benzene ring substituents is 1. The van der Waals surface area contributed by atoms with Crippen molar-refractivity contribution in [3.05, 3.63) is 98.2 Å². The summed E-state index contributed by atoms with van der Waals surface area (Å²) in [4.78, 5) is 24.6. The van der Waals surface area contributed by atoms with E-state index in [4.69, 9.17) is 4.74 Å². The number of benzene rings is 2. The van der Waals surface area contributed by atoms with Gasteiger partial charge in [-0.05, 0) is 35.9 Å². The molecule has 10 nitrogen and oxygen atoms in total. The number of hydrogen-bond acceptors (Lipinski definition) is 8. The van der Waals surface area contributed by atoms with Gasteiger partial charge in [-0.3, -0.25) is 25.7 Å². The highest BCUT2D eigenvalue weighted by Crippen LogP contribution is 2.21. The molecule has 0 fully saturated rings. The van der Waals surface area contributed by atoms with Crippen LogP contribution >= 0.6 is 0 Å². The van der Waals surface area contributed by atoms with E-state index in [0.717, 1.165) is 5.56 Å². The van der Waals surface area contributed by atoms with Gasteiger partial charge in [0.25, 0.3) is 5.69 Å². The number of nitro groups is 2. The molecule has 0 radical (unpaired) electrons. The van der Waals surface area contributed by atoms with Crippen LogP contribution in [0, 0.1) is 20.2 Å². The normalized spacial score (nSPS) is 10.6. The molecule has 1 N–H and O–H groups in total. The molecule has 1 aromatic heterocycles. The lowest BCUT2D eigenvalue weighted by Gasteiger charge is -2.09. The number of pyridine rings is 1. The molecule has 0 saturated heterocycles. The molecule has 3 aromatic rings. The van der Waals surface area contributed by atoms with E-state index in [1.807, 2.05) is 0 Å². The lowest BCUT2D eigenvalue weighted by Crippen LogP contribution is -2.01. The van der Waals surface area contributed by atoms with Crippen molar-refractivity contribution in [3.63, 3.8) is 0 Å². The van der Waals surface area contributed by atoms with E-state index in [-0.39, 0.29) is 23.8 Å². The number of aromatic nitrogens is 1. The summed E-state index contributed by atoms with van der Waals surface area (Å²) in [6.45, 7) is 0.210. The number of nitrogens with one attached hydrogen (secondary N) is 1. The predicted molar refractivity (Wildman–Crippen MR) is 106 cm³/mol. The average molecular weight is 393 g/mol. The van der Waals surface area contributed by atoms with Crippen LogP contribution in [0.2, 0.25) is 0 Å². The monoisotopic (exact) mass is 393 g/mol. The van der Waals surface area contributed by atoms with Crippen LogP contribution in [0.5, 0.6) is 5.75 Å². The first-order chi connectivity index (χ1) is 14.0. The van der Waals surface area contributed by atoms with Gasteiger partial charge in [0.15, 0.2) is 0 Å². The Labute approximate surface area is 164 Å². The van der Waals surface area contributed by atoms with Crippen molar-refractivity contribution in [2.75, 3.05) is 5.43 Å². The molecule has 0 aliphatic rings. The number of rotatable bonds is 8. The van der Waals surface area contributed by atoms with Gasteiger partial charge < -0.3 is 4.74 Å². The van der Waals surface area contributed by atoms with E-state index in [9.17, 15) is 20.2 Å². The molecular weight excluding hydrogens is 378 g/mol. The predicted octanol–water partition coefficient (Wildman–Crippen LogP) is 3.92. The maximum Gasteiger partial charge on any atom is 0.313 e. The van der Waals surface area contributed by atoms with Crippen LogP contribution in [0.4, 0.5) is 17.2 Å². The minimum absolute atomic E-state index is 0.0102. The standard InChI is InChI=1S/C19H15N5O5/c25-23(26)16-9-7-14(8-10-16)13-29-18-6-2-1-4-15(18)12-21-22-19-17(24(27)28)5-3-11-20-19/h1-12H,13H2,(H,20,22)/b21-12-. The molecule has 0 aliphatic carbocycles. The van der Waals surface area contributed by atoms with Crippen molar-refractivity contribution in [1.82, 2.24) is 4.98 Å². The van der Waals surface area contributed by atoms with Crippen LogP contribution in [0.15, 0.2) is 72.0 Å². The van der Waals surface area contributed by atoms with Gasteiger partial charge >= 0.3 is 5.69 Å². The number of anilines is 1. The van der Waals surface area contributed by atoms with Gasteiger partial charge in [0, 0.05) is 30.0 Å². The van der Waals surface area contributed by atoms with Crippen molar-refractivity contribution >= 4 is 23.4 Å². The highest BCUT2D eigenvalue weighted by molar-refractivity contribution is 5.84. The lowest BCUT2D eigenvalue weighted by molar-refractivity contribution is -0.384. The lowest BCUT2D eigenvalue weighted by atomic mass is 10.2. The molecule has 29 heavy (non-hydrogen) atoms. The van der Waals surface area contributed by atoms with Gasteiger partial charge in [-0.15, -0.1) is 0 Å². The Kier molecular flexibility index (Phi) is 6.05. The second-order valence-corrected chi connectivity index (χ2v) is 5.75. The Bertz CT molecular complexity index is 1050. The van der Waals surface area contributed by atoms with Crippen molar-refractivity contribution < 1.29 is 14.6 Å². The quantitative estimate of drug-likeness (QED) is 0.348. The SMILES string of the molecule is O=[N+]([O-])c1ccc(COc2ccccc2/C=N\Nc2ncccc2[N+](=O)[O-])cc1. The highest BCUT2D eigenvalue weighted by Gasteiger charge is 2.13. The zero-order chi connectivity index (χ0) is 20.6. The molecule has 0 saturated carbocycles. The fraction of sp³-hybridized carbons (Fsp3) is 0.0526. The van der Waals surface area contributed by atoms with E-state index in [2.05, 4.69) is 15.5 Å². The first kappa shape index (κ1) is 19.4. The van der Waals surface area contributed by atoms with Crippen molar-refractivity contribution in [2.24, 2.45) is 5.10 Å². The van der Waals surface area contributed by atoms with Crippen molar-refractivity contribution in [2.45, 2.75) is 6.61 Å². The second kappa shape index (κ2) is 9.04. The van der Waals surface area contributed by atoms with Crippen LogP contribution in [-0.4, -0.2) is 21.0 Å². The third-order valence-electron chi connectivity index (χ3n) is 3.82. The molecule has 0 unspecified atom stereocenters. The molecule has 1 heterocycles. The minimum Gasteiger partial charge on any atom is -0.488 e. The van der Waals surface area contributed by atoms with Crippen LogP contribution in [0.1, 0.15) is 11.1 Å². The smallest absolute Gasteiger partial charge is 0.313 e. The number of ether oxygens (including phenoxy) is 1. The molecular formula is C19H15N5O5. The zero-order valence-electron chi connectivity index (χ0n) is 15.0. The van der Waals surface area contributed by atoms with Gasteiger partial charge in [0.05, 0.1) is 16.1 Å². The summed E-state index contributed by atoms with van der Waals surface area (Å²) in [6, 6.07) is 16.0. The molecule has 3 rings (SSSR count). The van der Waals surface area contributed by atoms with E-state index in [1.54, 1.807) is 36.4 Å². The molecule has 0 amide bonds. The van der Waals surface area contributed by atoms with E-state index < -0.39 is 9.85 Å². The first-order valence-corrected chi connectivity index (χ1v) is 8.38. The van der Waals surface area contributed by atoms with E-state index in [0.29, 0.717) is 11.3 Å². The minimum atomic E-state index is -0.549. The average Bonchev–Trinajstić information content (AvgIpc) is 2.73. The Morgan fingerprint density at radius 2 is 1.76 bits per heavy atom. The fourth-order valence-electron chi connectivity index (χ4n) is 2.39. The third-order valence-corrected chi connectivity index (χ3v) is 3.82. The summed E-state index contributed by atoms with van der Waals surface area (Å²) < 4.78 is 5.78. The van der Waals surface area contributed by atoms with Crippen molar-refractivity contribution in [1.29, 1.82) is 0 Å². The molecule has 10 heteroatoms. The van der Waals surface area contributed by atoms with Crippen molar-refractivity contribution in [3.8, 4) is 5.75 Å². The Balaban J connectivity index is 1.68. The maximum atomic E-state index is 11.0. The molecule has 0 bridgehead atoms. The first-order valence-electron chi connectivity index (χ1n) is 8.38. The van der Waals surface area contributed by atoms with E-state index in [1.165, 1.54) is 36.7 Å². The van der Waals surface area contributed by atoms with Crippen LogP contribution in [0.25, 0.3) is 0 Å². The van der Waals surface area contributed by atoms with Gasteiger partial charge in [0.2, 0.25) is 5.82 Å². The number of non-ortho nitro benzene ring substituents is 1. The maximum absolute atomic E-state index is 11.0. The number of hydrazone groups is 1. The number of hydrogen-bond donors (Lipinski definition) is 1. The van der Waals surface area contributed by atoms with E-state index >= 15 is 0 Å². The Hall–Kier alpha value is -4.34. The molecule has 2 aromatic carbocycles. The second-order valence-electron chi connectivity index (χ2n) is 5.75. The van der Waals surface area contributed by atoms with Gasteiger partial charge in [-0.25, -0.2) is 4.98 Å². The van der Waals surface area contributed by atoms with Crippen LogP contribution < -0.4 is 10.2 Å². The number of nitrogens with zero attached hydrogens (tertiary/aromatic N) is 4. The Morgan fingerprint density at radius 1 is 1.00 bits per heavy atom. The van der Waals surface area contributed by atoms with Gasteiger partial charge in [0.1, 0.15) is 12.4 Å².